The molecule has 0 N–H and O–H groups in total. The summed E-state index contributed by atoms with van der Waals surface area (Å²) in [6.07, 6.45) is 0.707. The third-order valence-electron chi connectivity index (χ3n) is 6.28. The van der Waals surface area contributed by atoms with E-state index in [9.17, 15) is 13.2 Å². The van der Waals surface area contributed by atoms with Crippen LogP contribution >= 0.6 is 0 Å². The average molecular weight is 440 g/mol. The van der Waals surface area contributed by atoms with Gasteiger partial charge in [0.1, 0.15) is 5.52 Å². The first kappa shape index (κ1) is 20.1. The quantitative estimate of drug-likeness (QED) is 0.611. The number of benzene rings is 2. The Kier molecular flexibility index (Phi) is 5.23. The van der Waals surface area contributed by atoms with Crippen molar-refractivity contribution in [2.45, 2.75) is 19.0 Å². The normalized spacial score (nSPS) is 21.5. The van der Waals surface area contributed by atoms with E-state index in [1.807, 2.05) is 58.1 Å². The maximum atomic E-state index is 12.9. The third kappa shape index (κ3) is 4.20. The zero-order chi connectivity index (χ0) is 21.4. The molecule has 31 heavy (non-hydrogen) atoms. The van der Waals surface area contributed by atoms with Crippen LogP contribution in [-0.2, 0) is 16.4 Å². The summed E-state index contributed by atoms with van der Waals surface area (Å²) in [5.74, 6) is 0.563. The molecular formula is C22H25N5O3S. The lowest BCUT2D eigenvalue weighted by Gasteiger charge is -2.37. The van der Waals surface area contributed by atoms with Crippen molar-refractivity contribution in [3.8, 4) is 0 Å². The van der Waals surface area contributed by atoms with Crippen molar-refractivity contribution >= 4 is 26.8 Å². The molecule has 0 unspecified atom stereocenters. The second-order valence-electron chi connectivity index (χ2n) is 8.32. The van der Waals surface area contributed by atoms with Gasteiger partial charge in [0.2, 0.25) is 0 Å². The predicted octanol–water partition coefficient (Wildman–Crippen LogP) is 1.42. The molecule has 0 saturated carbocycles. The fraction of sp³-hybridized carbons (Fsp3) is 0.409. The standard InChI is InChI=1S/C22H25N5O3S/c28-22(26-12-10-25(11-13-26)19-9-14-31(29,30)16-19)18-7-5-17(6-8-18)15-27-21-4-2-1-3-20(21)23-24-27/h1-8,19H,9-16H2/t19-/m0/s1. The first-order valence-corrected chi connectivity index (χ1v) is 12.4. The Hall–Kier alpha value is -2.78. The lowest BCUT2D eigenvalue weighted by Crippen LogP contribution is -2.52. The van der Waals surface area contributed by atoms with Crippen LogP contribution in [0.25, 0.3) is 11.0 Å². The number of fused-ring (bicyclic) bond motifs is 1. The molecule has 3 heterocycles. The van der Waals surface area contributed by atoms with Gasteiger partial charge in [-0.05, 0) is 36.2 Å². The molecule has 0 aliphatic carbocycles. The van der Waals surface area contributed by atoms with Gasteiger partial charge in [-0.25, -0.2) is 13.1 Å². The highest BCUT2D eigenvalue weighted by molar-refractivity contribution is 7.91. The fourth-order valence-corrected chi connectivity index (χ4v) is 6.26. The number of rotatable bonds is 4. The van der Waals surface area contributed by atoms with Crippen molar-refractivity contribution in [2.24, 2.45) is 0 Å². The molecular weight excluding hydrogens is 414 g/mol. The Bertz CT molecular complexity index is 1200. The fourth-order valence-electron chi connectivity index (χ4n) is 4.50. The second kappa shape index (κ2) is 8.05. The minimum atomic E-state index is -2.89. The molecule has 1 amide bonds. The number of hydrogen-bond donors (Lipinski definition) is 0. The van der Waals surface area contributed by atoms with Crippen molar-refractivity contribution in [3.05, 3.63) is 59.7 Å². The molecule has 0 bridgehead atoms. The summed E-state index contributed by atoms with van der Waals surface area (Å²) in [5.41, 5.74) is 3.57. The third-order valence-corrected chi connectivity index (χ3v) is 8.03. The zero-order valence-corrected chi connectivity index (χ0v) is 18.0. The zero-order valence-electron chi connectivity index (χ0n) is 17.2. The highest BCUT2D eigenvalue weighted by Crippen LogP contribution is 2.20. The lowest BCUT2D eigenvalue weighted by atomic mass is 10.1. The van der Waals surface area contributed by atoms with E-state index >= 15 is 0 Å². The van der Waals surface area contributed by atoms with Gasteiger partial charge < -0.3 is 4.90 Å². The average Bonchev–Trinajstić information content (AvgIpc) is 3.37. The molecule has 9 heteroatoms. The smallest absolute Gasteiger partial charge is 0.253 e. The minimum absolute atomic E-state index is 0.0245. The van der Waals surface area contributed by atoms with Crippen molar-refractivity contribution in [3.63, 3.8) is 0 Å². The molecule has 162 valence electrons. The number of piperazine rings is 1. The maximum absolute atomic E-state index is 12.9. The number of hydrogen-bond acceptors (Lipinski definition) is 6. The predicted molar refractivity (Wildman–Crippen MR) is 118 cm³/mol. The largest absolute Gasteiger partial charge is 0.336 e. The molecule has 5 rings (SSSR count). The highest BCUT2D eigenvalue weighted by atomic mass is 32.2. The van der Waals surface area contributed by atoms with E-state index in [4.69, 9.17) is 0 Å². The molecule has 2 aromatic carbocycles. The molecule has 1 atom stereocenters. The summed E-state index contributed by atoms with van der Waals surface area (Å²) in [6, 6.07) is 15.6. The summed E-state index contributed by atoms with van der Waals surface area (Å²) in [6.45, 7) is 3.30. The Morgan fingerprint density at radius 1 is 1.00 bits per heavy atom. The van der Waals surface area contributed by atoms with Gasteiger partial charge in [-0.3, -0.25) is 9.69 Å². The Labute approximate surface area is 181 Å². The number of carbonyl (C=O) groups excluding carboxylic acids is 1. The van der Waals surface area contributed by atoms with E-state index in [1.165, 1.54) is 0 Å². The van der Waals surface area contributed by atoms with Crippen molar-refractivity contribution in [1.82, 2.24) is 24.8 Å². The van der Waals surface area contributed by atoms with Crippen LogP contribution in [0.4, 0.5) is 0 Å². The number of carbonyl (C=O) groups is 1. The Morgan fingerprint density at radius 3 is 2.45 bits per heavy atom. The van der Waals surface area contributed by atoms with Crippen LogP contribution in [0.15, 0.2) is 48.5 Å². The summed E-state index contributed by atoms with van der Waals surface area (Å²) < 4.78 is 25.3. The van der Waals surface area contributed by atoms with Crippen LogP contribution in [0.3, 0.4) is 0 Å². The number of aromatic nitrogens is 3. The molecule has 2 aliphatic rings. The van der Waals surface area contributed by atoms with E-state index in [0.717, 1.165) is 29.7 Å². The number of sulfone groups is 1. The van der Waals surface area contributed by atoms with E-state index in [-0.39, 0.29) is 23.5 Å². The summed E-state index contributed by atoms with van der Waals surface area (Å²) >= 11 is 0. The minimum Gasteiger partial charge on any atom is -0.336 e. The summed E-state index contributed by atoms with van der Waals surface area (Å²) in [5, 5.41) is 8.40. The summed E-state index contributed by atoms with van der Waals surface area (Å²) in [4.78, 5) is 17.0. The van der Waals surface area contributed by atoms with Crippen LogP contribution < -0.4 is 0 Å². The number of nitrogens with zero attached hydrogens (tertiary/aromatic N) is 5. The second-order valence-corrected chi connectivity index (χ2v) is 10.5. The molecule has 0 spiro atoms. The van der Waals surface area contributed by atoms with Gasteiger partial charge in [-0.15, -0.1) is 5.10 Å². The highest BCUT2D eigenvalue weighted by Gasteiger charge is 2.34. The number of amides is 1. The first-order chi connectivity index (χ1) is 15.0. The van der Waals surface area contributed by atoms with Crippen LogP contribution in [0.2, 0.25) is 0 Å². The molecule has 8 nitrogen and oxygen atoms in total. The van der Waals surface area contributed by atoms with Crippen LogP contribution in [0.1, 0.15) is 22.3 Å². The lowest BCUT2D eigenvalue weighted by molar-refractivity contribution is 0.0588. The molecule has 2 aliphatic heterocycles. The van der Waals surface area contributed by atoms with Gasteiger partial charge in [0, 0.05) is 37.8 Å². The van der Waals surface area contributed by atoms with Crippen LogP contribution in [-0.4, -0.2) is 82.8 Å². The monoisotopic (exact) mass is 439 g/mol. The topological polar surface area (TPSA) is 88.4 Å². The van der Waals surface area contributed by atoms with E-state index in [0.29, 0.717) is 31.6 Å². The Balaban J connectivity index is 1.20. The van der Waals surface area contributed by atoms with Crippen molar-refractivity contribution in [1.29, 1.82) is 0 Å². The molecule has 2 saturated heterocycles. The molecule has 3 aromatic rings. The van der Waals surface area contributed by atoms with Crippen LogP contribution in [0, 0.1) is 0 Å². The van der Waals surface area contributed by atoms with Crippen LogP contribution in [0.5, 0.6) is 0 Å². The molecule has 0 radical (unpaired) electrons. The van der Waals surface area contributed by atoms with Gasteiger partial charge in [0.15, 0.2) is 9.84 Å². The van der Waals surface area contributed by atoms with E-state index in [1.54, 1.807) is 0 Å². The van der Waals surface area contributed by atoms with Gasteiger partial charge >= 0.3 is 0 Å². The van der Waals surface area contributed by atoms with E-state index in [2.05, 4.69) is 15.2 Å². The van der Waals surface area contributed by atoms with Gasteiger partial charge in [-0.1, -0.05) is 29.5 Å². The first-order valence-electron chi connectivity index (χ1n) is 10.6. The SMILES string of the molecule is O=C(c1ccc(Cn2nnc3ccccc32)cc1)N1CCN([C@H]2CCS(=O)(=O)C2)CC1. The maximum Gasteiger partial charge on any atom is 0.253 e. The van der Waals surface area contributed by atoms with E-state index < -0.39 is 9.84 Å². The summed E-state index contributed by atoms with van der Waals surface area (Å²) in [7, 11) is -2.89. The van der Waals surface area contributed by atoms with Gasteiger partial charge in [0.05, 0.1) is 23.6 Å². The van der Waals surface area contributed by atoms with Crippen molar-refractivity contribution < 1.29 is 13.2 Å². The van der Waals surface area contributed by atoms with Gasteiger partial charge in [-0.2, -0.15) is 0 Å². The number of para-hydroxylation sites is 1. The Morgan fingerprint density at radius 2 is 1.74 bits per heavy atom. The van der Waals surface area contributed by atoms with Crippen molar-refractivity contribution in [2.75, 3.05) is 37.7 Å². The molecule has 2 fully saturated rings. The molecule has 1 aromatic heterocycles. The van der Waals surface area contributed by atoms with Gasteiger partial charge in [0.25, 0.3) is 5.91 Å².